The number of benzene rings is 3. The molecule has 0 saturated heterocycles. The van der Waals surface area contributed by atoms with E-state index in [9.17, 15) is 24.6 Å². The van der Waals surface area contributed by atoms with Gasteiger partial charge in [0, 0.05) is 29.1 Å². The molecule has 172 valence electrons. The van der Waals surface area contributed by atoms with Gasteiger partial charge in [-0.3, -0.25) is 9.59 Å². The van der Waals surface area contributed by atoms with Crippen molar-refractivity contribution < 1.29 is 29.3 Å². The molecule has 0 unspecified atom stereocenters. The lowest BCUT2D eigenvalue weighted by molar-refractivity contribution is -0.144. The molecule has 3 aromatic carbocycles. The highest BCUT2D eigenvalue weighted by Crippen LogP contribution is 2.32. The van der Waals surface area contributed by atoms with Crippen molar-refractivity contribution >= 4 is 28.6 Å². The molecule has 1 amide bonds. The maximum atomic E-state index is 12.8. The minimum atomic E-state index is -1.13. The van der Waals surface area contributed by atoms with Crippen LogP contribution in [0.2, 0.25) is 0 Å². The number of carbonyl (C=O) groups excluding carboxylic acids is 3. The van der Waals surface area contributed by atoms with Crippen LogP contribution < -0.4 is 5.32 Å². The molecule has 0 saturated carbocycles. The Morgan fingerprint density at radius 1 is 1.00 bits per heavy atom. The first-order chi connectivity index (χ1) is 16.4. The van der Waals surface area contributed by atoms with E-state index in [4.69, 9.17) is 4.74 Å². The third kappa shape index (κ3) is 4.61. The van der Waals surface area contributed by atoms with Gasteiger partial charge in [-0.15, -0.1) is 0 Å². The van der Waals surface area contributed by atoms with Gasteiger partial charge in [-0.05, 0) is 41.5 Å². The first kappa shape index (κ1) is 22.6. The van der Waals surface area contributed by atoms with Crippen molar-refractivity contribution in [1.82, 2.24) is 10.3 Å². The first-order valence-electron chi connectivity index (χ1n) is 10.5. The lowest BCUT2D eigenvalue weighted by Gasteiger charge is -2.17. The maximum Gasteiger partial charge on any atom is 0.328 e. The molecule has 0 aliphatic rings. The van der Waals surface area contributed by atoms with Gasteiger partial charge in [-0.2, -0.15) is 0 Å². The molecule has 0 bridgehead atoms. The fourth-order valence-corrected chi connectivity index (χ4v) is 3.79. The lowest BCUT2D eigenvalue weighted by Crippen LogP contribution is -2.45. The Balaban J connectivity index is 1.57. The number of esters is 1. The van der Waals surface area contributed by atoms with Crippen molar-refractivity contribution in [1.29, 1.82) is 0 Å². The molecule has 1 aromatic heterocycles. The van der Waals surface area contributed by atoms with Gasteiger partial charge >= 0.3 is 5.97 Å². The molecule has 8 heteroatoms. The highest BCUT2D eigenvalue weighted by molar-refractivity contribution is 6.45. The number of aromatic hydroxyl groups is 2. The molecule has 0 radical (unpaired) electrons. The Hall–Kier alpha value is -4.59. The summed E-state index contributed by atoms with van der Waals surface area (Å²) in [5.74, 6) is -2.41. The smallest absolute Gasteiger partial charge is 0.328 e. The number of hydrogen-bond acceptors (Lipinski definition) is 6. The Labute approximate surface area is 194 Å². The second-order valence-electron chi connectivity index (χ2n) is 7.73. The average molecular weight is 458 g/mol. The van der Waals surface area contributed by atoms with Crippen LogP contribution in [0.1, 0.15) is 15.9 Å². The number of fused-ring (bicyclic) bond motifs is 1. The van der Waals surface area contributed by atoms with Crippen LogP contribution in [0, 0.1) is 0 Å². The number of ketones is 1. The van der Waals surface area contributed by atoms with E-state index >= 15 is 0 Å². The number of phenolic OH excluding ortho intramolecular Hbond substituents is 2. The Bertz CT molecular complexity index is 1390. The molecular formula is C26H22N2O6. The number of amides is 1. The average Bonchev–Trinajstić information content (AvgIpc) is 3.27. The molecule has 0 fully saturated rings. The first-order valence-corrected chi connectivity index (χ1v) is 10.5. The Morgan fingerprint density at radius 2 is 1.79 bits per heavy atom. The van der Waals surface area contributed by atoms with Gasteiger partial charge in [0.15, 0.2) is 0 Å². The SMILES string of the molecule is COC(=O)[C@H](Cc1ccc(O)c(-c2cccc(O)c2)c1)NC(=O)C(=O)c1c[nH]c2ccccc12. The van der Waals surface area contributed by atoms with E-state index in [1.54, 1.807) is 42.5 Å². The number of carbonyl (C=O) groups is 3. The van der Waals surface area contributed by atoms with E-state index in [1.807, 2.05) is 6.07 Å². The molecule has 1 heterocycles. The van der Waals surface area contributed by atoms with Crippen LogP contribution in [0.3, 0.4) is 0 Å². The second-order valence-corrected chi connectivity index (χ2v) is 7.73. The highest BCUT2D eigenvalue weighted by Gasteiger charge is 2.27. The molecule has 0 aliphatic heterocycles. The number of ether oxygens (including phenoxy) is 1. The van der Waals surface area contributed by atoms with E-state index in [0.717, 1.165) is 0 Å². The summed E-state index contributed by atoms with van der Waals surface area (Å²) in [6, 6.07) is 17.0. The summed E-state index contributed by atoms with van der Waals surface area (Å²) in [4.78, 5) is 40.9. The van der Waals surface area contributed by atoms with Crippen molar-refractivity contribution in [2.45, 2.75) is 12.5 Å². The molecule has 0 aliphatic carbocycles. The number of Topliss-reactive ketones (excluding diaryl/α,β-unsaturated/α-hetero) is 1. The topological polar surface area (TPSA) is 129 Å². The fourth-order valence-electron chi connectivity index (χ4n) is 3.79. The molecule has 4 aromatic rings. The van der Waals surface area contributed by atoms with Crippen LogP contribution >= 0.6 is 0 Å². The summed E-state index contributed by atoms with van der Waals surface area (Å²) in [5.41, 5.74) is 2.54. The van der Waals surface area contributed by atoms with E-state index in [-0.39, 0.29) is 23.5 Å². The number of nitrogens with one attached hydrogen (secondary N) is 2. The van der Waals surface area contributed by atoms with Crippen LogP contribution in [-0.4, -0.2) is 46.0 Å². The van der Waals surface area contributed by atoms with Crippen LogP contribution in [0.25, 0.3) is 22.0 Å². The minimum Gasteiger partial charge on any atom is -0.508 e. The predicted molar refractivity (Wildman–Crippen MR) is 125 cm³/mol. The van der Waals surface area contributed by atoms with Crippen molar-refractivity contribution in [2.24, 2.45) is 0 Å². The highest BCUT2D eigenvalue weighted by atomic mass is 16.5. The lowest BCUT2D eigenvalue weighted by atomic mass is 9.98. The molecule has 4 N–H and O–H groups in total. The molecule has 0 spiro atoms. The van der Waals surface area contributed by atoms with E-state index in [0.29, 0.717) is 27.6 Å². The number of para-hydroxylation sites is 1. The summed E-state index contributed by atoms with van der Waals surface area (Å²) >= 11 is 0. The third-order valence-electron chi connectivity index (χ3n) is 5.49. The zero-order valence-electron chi connectivity index (χ0n) is 18.2. The van der Waals surface area contributed by atoms with E-state index in [2.05, 4.69) is 10.3 Å². The predicted octanol–water partition coefficient (Wildman–Crippen LogP) is 3.33. The Kier molecular flexibility index (Phi) is 6.31. The largest absolute Gasteiger partial charge is 0.508 e. The quantitative estimate of drug-likeness (QED) is 0.191. The summed E-state index contributed by atoms with van der Waals surface area (Å²) in [6.07, 6.45) is 1.48. The van der Waals surface area contributed by atoms with Gasteiger partial charge in [0.1, 0.15) is 17.5 Å². The molecule has 8 nitrogen and oxygen atoms in total. The zero-order valence-corrected chi connectivity index (χ0v) is 18.2. The van der Waals surface area contributed by atoms with Gasteiger partial charge < -0.3 is 25.3 Å². The molecule has 34 heavy (non-hydrogen) atoms. The van der Waals surface area contributed by atoms with Gasteiger partial charge in [0.25, 0.3) is 11.7 Å². The van der Waals surface area contributed by atoms with Crippen molar-refractivity contribution in [2.75, 3.05) is 7.11 Å². The van der Waals surface area contributed by atoms with Crippen LogP contribution in [0.4, 0.5) is 0 Å². The molecular weight excluding hydrogens is 436 g/mol. The van der Waals surface area contributed by atoms with Crippen molar-refractivity contribution in [3.63, 3.8) is 0 Å². The number of rotatable bonds is 7. The number of aromatic amines is 1. The summed E-state index contributed by atoms with van der Waals surface area (Å²) < 4.78 is 4.83. The maximum absolute atomic E-state index is 12.8. The Morgan fingerprint density at radius 3 is 2.56 bits per heavy atom. The monoisotopic (exact) mass is 458 g/mol. The van der Waals surface area contributed by atoms with Crippen LogP contribution in [-0.2, 0) is 20.7 Å². The van der Waals surface area contributed by atoms with Crippen molar-refractivity contribution in [3.8, 4) is 22.6 Å². The number of H-pyrrole nitrogens is 1. The van der Waals surface area contributed by atoms with E-state index in [1.165, 1.54) is 31.5 Å². The second kappa shape index (κ2) is 9.50. The number of phenols is 2. The number of hydrogen-bond donors (Lipinski definition) is 4. The van der Waals surface area contributed by atoms with Gasteiger partial charge in [-0.1, -0.05) is 36.4 Å². The normalized spacial score (nSPS) is 11.7. The van der Waals surface area contributed by atoms with Crippen molar-refractivity contribution in [3.05, 3.63) is 84.1 Å². The molecule has 1 atom stereocenters. The minimum absolute atomic E-state index is 0.0116. The summed E-state index contributed by atoms with van der Waals surface area (Å²) in [7, 11) is 1.19. The fraction of sp³-hybridized carbons (Fsp3) is 0.115. The van der Waals surface area contributed by atoms with Gasteiger partial charge in [-0.25, -0.2) is 4.79 Å². The van der Waals surface area contributed by atoms with Gasteiger partial charge in [0.05, 0.1) is 12.7 Å². The number of aromatic nitrogens is 1. The third-order valence-corrected chi connectivity index (χ3v) is 5.49. The van der Waals surface area contributed by atoms with Gasteiger partial charge in [0.2, 0.25) is 0 Å². The standard InChI is InChI=1S/C26H22N2O6/c1-34-26(33)22(28-25(32)24(31)20-14-27-21-8-3-2-7-18(20)21)12-15-9-10-23(30)19(11-15)16-5-4-6-17(29)13-16/h2-11,13-14,22,27,29-30H,12H2,1H3,(H,28,32)/t22-/m0/s1. The van der Waals surface area contributed by atoms with Crippen LogP contribution in [0.15, 0.2) is 72.9 Å². The number of methoxy groups -OCH3 is 1. The van der Waals surface area contributed by atoms with Crippen LogP contribution in [0.5, 0.6) is 11.5 Å². The summed E-state index contributed by atoms with van der Waals surface area (Å²) in [5, 5.41) is 23.1. The zero-order chi connectivity index (χ0) is 24.2. The van der Waals surface area contributed by atoms with E-state index < -0.39 is 23.7 Å². The summed E-state index contributed by atoms with van der Waals surface area (Å²) in [6.45, 7) is 0. The molecule has 4 rings (SSSR count).